The standard InChI is InChI=1S/C13H14N2O5/c1-20-13(17)7-8-14-12(16)6-5-10-3-2-4-11(9-10)15(18)19/h2-6,9H,7-8H2,1H3,(H,14,16)/b6-5+. The van der Waals surface area contributed by atoms with Gasteiger partial charge in [0.1, 0.15) is 0 Å². The maximum absolute atomic E-state index is 11.4. The normalized spacial score (nSPS) is 10.2. The molecule has 20 heavy (non-hydrogen) atoms. The van der Waals surface area contributed by atoms with Crippen molar-refractivity contribution < 1.29 is 19.2 Å². The van der Waals surface area contributed by atoms with Crippen LogP contribution in [0.2, 0.25) is 0 Å². The Bertz CT molecular complexity index is 539. The van der Waals surface area contributed by atoms with Crippen LogP contribution in [0.1, 0.15) is 12.0 Å². The Morgan fingerprint density at radius 2 is 2.20 bits per heavy atom. The minimum Gasteiger partial charge on any atom is -0.469 e. The van der Waals surface area contributed by atoms with Crippen molar-refractivity contribution in [3.8, 4) is 0 Å². The van der Waals surface area contributed by atoms with Gasteiger partial charge in [-0.25, -0.2) is 0 Å². The fourth-order valence-electron chi connectivity index (χ4n) is 1.36. The van der Waals surface area contributed by atoms with E-state index < -0.39 is 10.9 Å². The molecule has 1 aromatic carbocycles. The van der Waals surface area contributed by atoms with Gasteiger partial charge in [0.25, 0.3) is 5.69 Å². The van der Waals surface area contributed by atoms with Gasteiger partial charge in [0.15, 0.2) is 0 Å². The fraction of sp³-hybridized carbons (Fsp3) is 0.231. The van der Waals surface area contributed by atoms with Crippen molar-refractivity contribution in [3.05, 3.63) is 46.0 Å². The highest BCUT2D eigenvalue weighted by atomic mass is 16.6. The largest absolute Gasteiger partial charge is 0.469 e. The quantitative estimate of drug-likeness (QED) is 0.366. The van der Waals surface area contributed by atoms with Crippen molar-refractivity contribution in [2.75, 3.05) is 13.7 Å². The van der Waals surface area contributed by atoms with Crippen LogP contribution in [-0.4, -0.2) is 30.5 Å². The lowest BCUT2D eigenvalue weighted by atomic mass is 10.2. The van der Waals surface area contributed by atoms with Crippen LogP contribution in [0.5, 0.6) is 0 Å². The molecule has 7 heteroatoms. The molecule has 0 saturated heterocycles. The summed E-state index contributed by atoms with van der Waals surface area (Å²) < 4.78 is 4.42. The fourth-order valence-corrected chi connectivity index (χ4v) is 1.36. The number of benzene rings is 1. The number of carbonyl (C=O) groups excluding carboxylic acids is 2. The number of amides is 1. The molecule has 1 aromatic rings. The lowest BCUT2D eigenvalue weighted by Gasteiger charge is -2.00. The monoisotopic (exact) mass is 278 g/mol. The summed E-state index contributed by atoms with van der Waals surface area (Å²) in [6.07, 6.45) is 2.80. The van der Waals surface area contributed by atoms with Gasteiger partial charge in [-0.05, 0) is 11.6 Å². The predicted molar refractivity (Wildman–Crippen MR) is 71.8 cm³/mol. The van der Waals surface area contributed by atoms with E-state index >= 15 is 0 Å². The first-order valence-corrected chi connectivity index (χ1v) is 5.80. The van der Waals surface area contributed by atoms with E-state index in [1.807, 2.05) is 0 Å². The van der Waals surface area contributed by atoms with Gasteiger partial charge in [0.2, 0.25) is 5.91 Å². The van der Waals surface area contributed by atoms with E-state index in [9.17, 15) is 19.7 Å². The van der Waals surface area contributed by atoms with Gasteiger partial charge >= 0.3 is 5.97 Å². The summed E-state index contributed by atoms with van der Waals surface area (Å²) in [5.74, 6) is -0.798. The second-order valence-corrected chi connectivity index (χ2v) is 3.80. The number of hydrogen-bond acceptors (Lipinski definition) is 5. The molecule has 0 aliphatic rings. The van der Waals surface area contributed by atoms with Crippen LogP contribution in [0.25, 0.3) is 6.08 Å². The van der Waals surface area contributed by atoms with Gasteiger partial charge in [0, 0.05) is 24.8 Å². The highest BCUT2D eigenvalue weighted by Gasteiger charge is 2.04. The van der Waals surface area contributed by atoms with E-state index in [2.05, 4.69) is 10.1 Å². The number of nitrogens with zero attached hydrogens (tertiary/aromatic N) is 1. The van der Waals surface area contributed by atoms with Crippen LogP contribution in [0, 0.1) is 10.1 Å². The first-order valence-electron chi connectivity index (χ1n) is 5.80. The number of nitrogens with one attached hydrogen (secondary N) is 1. The topological polar surface area (TPSA) is 98.5 Å². The summed E-state index contributed by atoms with van der Waals surface area (Å²) in [5, 5.41) is 13.1. The molecule has 7 nitrogen and oxygen atoms in total. The van der Waals surface area contributed by atoms with Gasteiger partial charge in [-0.15, -0.1) is 0 Å². The molecule has 106 valence electrons. The SMILES string of the molecule is COC(=O)CCNC(=O)/C=C/c1cccc([N+](=O)[O-])c1. The lowest BCUT2D eigenvalue weighted by Crippen LogP contribution is -2.24. The van der Waals surface area contributed by atoms with Crippen LogP contribution >= 0.6 is 0 Å². The number of nitro benzene ring substituents is 1. The van der Waals surface area contributed by atoms with Crippen molar-refractivity contribution in [2.45, 2.75) is 6.42 Å². The number of methoxy groups -OCH3 is 1. The lowest BCUT2D eigenvalue weighted by molar-refractivity contribution is -0.384. The van der Waals surface area contributed by atoms with Crippen molar-refractivity contribution >= 4 is 23.6 Å². The molecule has 1 amide bonds. The van der Waals surface area contributed by atoms with Crippen molar-refractivity contribution in [2.24, 2.45) is 0 Å². The van der Waals surface area contributed by atoms with Crippen LogP contribution in [-0.2, 0) is 14.3 Å². The molecule has 0 spiro atoms. The van der Waals surface area contributed by atoms with E-state index in [0.717, 1.165) is 0 Å². The van der Waals surface area contributed by atoms with Crippen LogP contribution < -0.4 is 5.32 Å². The number of hydrogen-bond donors (Lipinski definition) is 1. The molecule has 0 saturated carbocycles. The average molecular weight is 278 g/mol. The van der Waals surface area contributed by atoms with Gasteiger partial charge in [0.05, 0.1) is 18.5 Å². The first-order chi connectivity index (χ1) is 9.52. The zero-order valence-electron chi connectivity index (χ0n) is 10.9. The molecule has 1 N–H and O–H groups in total. The van der Waals surface area contributed by atoms with E-state index in [4.69, 9.17) is 0 Å². The van der Waals surface area contributed by atoms with Crippen molar-refractivity contribution in [1.29, 1.82) is 0 Å². The molecule has 0 atom stereocenters. The molecule has 0 aliphatic carbocycles. The summed E-state index contributed by atoms with van der Waals surface area (Å²) in [5.41, 5.74) is 0.501. The number of nitro groups is 1. The third kappa shape index (κ3) is 5.30. The summed E-state index contributed by atoms with van der Waals surface area (Å²) in [4.78, 5) is 32.3. The Morgan fingerprint density at radius 1 is 1.45 bits per heavy atom. The average Bonchev–Trinajstić information content (AvgIpc) is 2.45. The van der Waals surface area contributed by atoms with E-state index in [1.54, 1.807) is 6.07 Å². The highest BCUT2D eigenvalue weighted by Crippen LogP contribution is 2.13. The molecule has 0 fully saturated rings. The first kappa shape index (κ1) is 15.4. The zero-order valence-corrected chi connectivity index (χ0v) is 10.9. The number of rotatable bonds is 6. The Kier molecular flexibility index (Phi) is 5.89. The third-order valence-electron chi connectivity index (χ3n) is 2.36. The van der Waals surface area contributed by atoms with Crippen molar-refractivity contribution in [3.63, 3.8) is 0 Å². The molecular weight excluding hydrogens is 264 g/mol. The Hall–Kier alpha value is -2.70. The summed E-state index contributed by atoms with van der Waals surface area (Å²) in [6, 6.07) is 5.91. The third-order valence-corrected chi connectivity index (χ3v) is 2.36. The Morgan fingerprint density at radius 3 is 2.85 bits per heavy atom. The van der Waals surface area contributed by atoms with Crippen molar-refractivity contribution in [1.82, 2.24) is 5.32 Å². The minimum absolute atomic E-state index is 0.0433. The smallest absolute Gasteiger partial charge is 0.307 e. The summed E-state index contributed by atoms with van der Waals surface area (Å²) >= 11 is 0. The number of carbonyl (C=O) groups is 2. The second kappa shape index (κ2) is 7.67. The van der Waals surface area contributed by atoms with E-state index in [-0.39, 0.29) is 24.6 Å². The zero-order chi connectivity index (χ0) is 15.0. The highest BCUT2D eigenvalue weighted by molar-refractivity contribution is 5.91. The number of non-ortho nitro benzene ring substituents is 1. The minimum atomic E-state index is -0.506. The molecule has 1 rings (SSSR count). The molecular formula is C13H14N2O5. The molecule has 0 heterocycles. The molecule has 0 radical (unpaired) electrons. The van der Waals surface area contributed by atoms with Gasteiger partial charge in [-0.1, -0.05) is 12.1 Å². The Balaban J connectivity index is 2.51. The Labute approximate surface area is 115 Å². The molecule has 0 unspecified atom stereocenters. The molecule has 0 bridgehead atoms. The molecule has 0 aliphatic heterocycles. The number of ether oxygens (including phenoxy) is 1. The van der Waals surface area contributed by atoms with E-state index in [0.29, 0.717) is 5.56 Å². The van der Waals surface area contributed by atoms with Gasteiger partial charge in [-0.2, -0.15) is 0 Å². The summed E-state index contributed by atoms with van der Waals surface area (Å²) in [7, 11) is 1.27. The van der Waals surface area contributed by atoms with Crippen LogP contribution in [0.4, 0.5) is 5.69 Å². The molecule has 0 aromatic heterocycles. The maximum Gasteiger partial charge on any atom is 0.307 e. The van der Waals surface area contributed by atoms with Crippen LogP contribution in [0.15, 0.2) is 30.3 Å². The van der Waals surface area contributed by atoms with Gasteiger partial charge < -0.3 is 10.1 Å². The van der Waals surface area contributed by atoms with Gasteiger partial charge in [-0.3, -0.25) is 19.7 Å². The van der Waals surface area contributed by atoms with E-state index in [1.165, 1.54) is 37.5 Å². The number of esters is 1. The second-order valence-electron chi connectivity index (χ2n) is 3.80. The van der Waals surface area contributed by atoms with Crippen LogP contribution in [0.3, 0.4) is 0 Å². The predicted octanol–water partition coefficient (Wildman–Crippen LogP) is 1.29. The maximum atomic E-state index is 11.4. The summed E-state index contributed by atoms with van der Waals surface area (Å²) in [6.45, 7) is 0.171.